The average molecular weight is 295 g/mol. The van der Waals surface area contributed by atoms with Gasteiger partial charge in [0.1, 0.15) is 0 Å². The number of amides is 1. The molecule has 0 bridgehead atoms. The first-order valence-electron chi connectivity index (χ1n) is 8.57. The van der Waals surface area contributed by atoms with E-state index >= 15 is 0 Å². The van der Waals surface area contributed by atoms with Crippen LogP contribution in [-0.4, -0.2) is 68.2 Å². The summed E-state index contributed by atoms with van der Waals surface area (Å²) in [5, 5.41) is 0. The largest absolute Gasteiger partial charge is 0.381 e. The second kappa shape index (κ2) is 7.07. The lowest BCUT2D eigenvalue weighted by atomic mass is 9.94. The lowest BCUT2D eigenvalue weighted by Crippen LogP contribution is -2.51. The topological polar surface area (TPSA) is 58.8 Å². The Kier molecular flexibility index (Phi) is 5.14. The van der Waals surface area contributed by atoms with Gasteiger partial charge in [-0.3, -0.25) is 9.69 Å². The lowest BCUT2D eigenvalue weighted by molar-refractivity contribution is -0.138. The molecule has 3 aliphatic rings. The first-order valence-corrected chi connectivity index (χ1v) is 8.57. The zero-order valence-electron chi connectivity index (χ0n) is 13.0. The molecule has 1 aliphatic carbocycles. The third-order valence-corrected chi connectivity index (χ3v) is 5.50. The van der Waals surface area contributed by atoms with Crippen LogP contribution in [0.2, 0.25) is 0 Å². The van der Waals surface area contributed by atoms with Gasteiger partial charge in [-0.25, -0.2) is 0 Å². The lowest BCUT2D eigenvalue weighted by Gasteiger charge is -2.37. The van der Waals surface area contributed by atoms with Crippen LogP contribution in [0.4, 0.5) is 0 Å². The van der Waals surface area contributed by atoms with Crippen molar-refractivity contribution in [3.8, 4) is 0 Å². The van der Waals surface area contributed by atoms with E-state index in [4.69, 9.17) is 10.5 Å². The standard InChI is InChI=1S/C16H29N3O2/c17-10-14-2-1-3-15(14)16(20)19-7-5-18(6-8-19)11-13-4-9-21-12-13/h13-15H,1-12,17H2/t13?,14-,15-/m1/s1. The molecule has 0 aromatic heterocycles. The minimum Gasteiger partial charge on any atom is -0.381 e. The van der Waals surface area contributed by atoms with Crippen LogP contribution in [0.5, 0.6) is 0 Å². The Labute approximate surface area is 127 Å². The molecule has 2 N–H and O–H groups in total. The number of piperazine rings is 1. The van der Waals surface area contributed by atoms with E-state index in [0.29, 0.717) is 24.3 Å². The molecule has 1 amide bonds. The summed E-state index contributed by atoms with van der Waals surface area (Å²) in [6, 6.07) is 0. The van der Waals surface area contributed by atoms with Gasteiger partial charge in [-0.1, -0.05) is 6.42 Å². The van der Waals surface area contributed by atoms with Gasteiger partial charge < -0.3 is 15.4 Å². The summed E-state index contributed by atoms with van der Waals surface area (Å²) in [5.74, 6) is 1.69. The van der Waals surface area contributed by atoms with E-state index in [9.17, 15) is 4.79 Å². The molecule has 0 spiro atoms. The zero-order valence-corrected chi connectivity index (χ0v) is 13.0. The molecular formula is C16H29N3O2. The number of carbonyl (C=O) groups excluding carboxylic acids is 1. The number of hydrogen-bond acceptors (Lipinski definition) is 4. The first-order chi connectivity index (χ1) is 10.3. The Morgan fingerprint density at radius 3 is 2.62 bits per heavy atom. The molecule has 2 saturated heterocycles. The van der Waals surface area contributed by atoms with Crippen molar-refractivity contribution in [2.45, 2.75) is 25.7 Å². The van der Waals surface area contributed by atoms with Gasteiger partial charge in [-0.2, -0.15) is 0 Å². The monoisotopic (exact) mass is 295 g/mol. The van der Waals surface area contributed by atoms with Crippen LogP contribution in [0.25, 0.3) is 0 Å². The van der Waals surface area contributed by atoms with Crippen LogP contribution in [0.15, 0.2) is 0 Å². The quantitative estimate of drug-likeness (QED) is 0.822. The van der Waals surface area contributed by atoms with E-state index in [1.54, 1.807) is 0 Å². The van der Waals surface area contributed by atoms with Gasteiger partial charge >= 0.3 is 0 Å². The van der Waals surface area contributed by atoms with Crippen molar-refractivity contribution in [1.82, 2.24) is 9.80 Å². The van der Waals surface area contributed by atoms with Crippen LogP contribution in [-0.2, 0) is 9.53 Å². The van der Waals surface area contributed by atoms with E-state index in [0.717, 1.165) is 58.8 Å². The Balaban J connectivity index is 1.45. The fourth-order valence-corrected chi connectivity index (χ4v) is 4.12. The second-order valence-corrected chi connectivity index (χ2v) is 6.89. The van der Waals surface area contributed by atoms with E-state index in [1.807, 2.05) is 0 Å². The molecule has 0 aromatic carbocycles. The Morgan fingerprint density at radius 1 is 1.14 bits per heavy atom. The molecule has 2 aliphatic heterocycles. The van der Waals surface area contributed by atoms with Crippen LogP contribution in [0.1, 0.15) is 25.7 Å². The number of nitrogens with two attached hydrogens (primary N) is 1. The van der Waals surface area contributed by atoms with Gasteiger partial charge in [-0.05, 0) is 37.6 Å². The normalized spacial score (nSPS) is 34.5. The van der Waals surface area contributed by atoms with Crippen molar-refractivity contribution in [3.63, 3.8) is 0 Å². The summed E-state index contributed by atoms with van der Waals surface area (Å²) >= 11 is 0. The predicted octanol–water partition coefficient (Wildman–Crippen LogP) is 0.542. The third kappa shape index (κ3) is 3.58. The van der Waals surface area contributed by atoms with Gasteiger partial charge in [-0.15, -0.1) is 0 Å². The summed E-state index contributed by atoms with van der Waals surface area (Å²) in [6.07, 6.45) is 4.54. The highest BCUT2D eigenvalue weighted by Gasteiger charge is 2.35. The van der Waals surface area contributed by atoms with E-state index in [-0.39, 0.29) is 5.92 Å². The zero-order chi connectivity index (χ0) is 14.7. The number of rotatable bonds is 4. The van der Waals surface area contributed by atoms with Crippen LogP contribution in [0.3, 0.4) is 0 Å². The van der Waals surface area contributed by atoms with Gasteiger partial charge in [0.05, 0.1) is 6.61 Å². The van der Waals surface area contributed by atoms with Crippen molar-refractivity contribution in [2.75, 3.05) is 52.5 Å². The molecule has 2 heterocycles. The molecule has 0 aromatic rings. The van der Waals surface area contributed by atoms with Gasteiger partial charge in [0.25, 0.3) is 0 Å². The maximum atomic E-state index is 12.7. The Morgan fingerprint density at radius 2 is 1.95 bits per heavy atom. The highest BCUT2D eigenvalue weighted by molar-refractivity contribution is 5.79. The number of nitrogens with zero attached hydrogens (tertiary/aromatic N) is 2. The van der Waals surface area contributed by atoms with E-state index in [2.05, 4.69) is 9.80 Å². The minimum atomic E-state index is 0.199. The van der Waals surface area contributed by atoms with Crippen molar-refractivity contribution in [3.05, 3.63) is 0 Å². The fourth-order valence-electron chi connectivity index (χ4n) is 4.12. The van der Waals surface area contributed by atoms with E-state index < -0.39 is 0 Å². The number of carbonyl (C=O) groups is 1. The SMILES string of the molecule is NC[C@H]1CCC[C@H]1C(=O)N1CCN(CC2CCOC2)CC1. The summed E-state index contributed by atoms with van der Waals surface area (Å²) in [4.78, 5) is 17.2. The number of ether oxygens (including phenoxy) is 1. The maximum Gasteiger partial charge on any atom is 0.226 e. The molecule has 3 fully saturated rings. The van der Waals surface area contributed by atoms with Crippen LogP contribution in [0, 0.1) is 17.8 Å². The van der Waals surface area contributed by atoms with Gasteiger partial charge in [0, 0.05) is 45.2 Å². The van der Waals surface area contributed by atoms with Crippen LogP contribution < -0.4 is 5.73 Å². The predicted molar refractivity (Wildman–Crippen MR) is 81.8 cm³/mol. The van der Waals surface area contributed by atoms with Crippen molar-refractivity contribution in [2.24, 2.45) is 23.5 Å². The van der Waals surface area contributed by atoms with Gasteiger partial charge in [0.15, 0.2) is 0 Å². The molecular weight excluding hydrogens is 266 g/mol. The minimum absolute atomic E-state index is 0.199. The summed E-state index contributed by atoms with van der Waals surface area (Å²) in [7, 11) is 0. The first kappa shape index (κ1) is 15.3. The molecule has 3 rings (SSSR count). The summed E-state index contributed by atoms with van der Waals surface area (Å²) in [6.45, 7) is 7.45. The molecule has 0 radical (unpaired) electrons. The molecule has 1 unspecified atom stereocenters. The molecule has 5 nitrogen and oxygen atoms in total. The molecule has 21 heavy (non-hydrogen) atoms. The highest BCUT2D eigenvalue weighted by atomic mass is 16.5. The number of hydrogen-bond donors (Lipinski definition) is 1. The molecule has 3 atom stereocenters. The fraction of sp³-hybridized carbons (Fsp3) is 0.938. The Hall–Kier alpha value is -0.650. The van der Waals surface area contributed by atoms with E-state index in [1.165, 1.54) is 12.8 Å². The van der Waals surface area contributed by atoms with Crippen molar-refractivity contribution in [1.29, 1.82) is 0 Å². The highest BCUT2D eigenvalue weighted by Crippen LogP contribution is 2.32. The van der Waals surface area contributed by atoms with Crippen molar-refractivity contribution < 1.29 is 9.53 Å². The van der Waals surface area contributed by atoms with Crippen LogP contribution >= 0.6 is 0 Å². The summed E-state index contributed by atoms with van der Waals surface area (Å²) in [5.41, 5.74) is 5.81. The van der Waals surface area contributed by atoms with Crippen molar-refractivity contribution >= 4 is 5.91 Å². The molecule has 1 saturated carbocycles. The second-order valence-electron chi connectivity index (χ2n) is 6.89. The smallest absolute Gasteiger partial charge is 0.226 e. The molecule has 120 valence electrons. The summed E-state index contributed by atoms with van der Waals surface area (Å²) < 4.78 is 5.45. The Bertz CT molecular complexity index is 349. The maximum absolute atomic E-state index is 12.7. The van der Waals surface area contributed by atoms with Gasteiger partial charge in [0.2, 0.25) is 5.91 Å². The average Bonchev–Trinajstić information content (AvgIpc) is 3.18. The molecule has 5 heteroatoms. The third-order valence-electron chi connectivity index (χ3n) is 5.50.